The van der Waals surface area contributed by atoms with Gasteiger partial charge in [0.2, 0.25) is 0 Å². The molecule has 0 aliphatic carbocycles. The highest BCUT2D eigenvalue weighted by molar-refractivity contribution is 4.86. The van der Waals surface area contributed by atoms with Crippen LogP contribution in [0.3, 0.4) is 0 Å². The van der Waals surface area contributed by atoms with Gasteiger partial charge in [-0.2, -0.15) is 0 Å². The first-order valence-electron chi connectivity index (χ1n) is 6.84. The lowest BCUT2D eigenvalue weighted by atomic mass is 9.96. The van der Waals surface area contributed by atoms with Gasteiger partial charge in [-0.15, -0.1) is 0 Å². The highest BCUT2D eigenvalue weighted by atomic mass is 16.3. The van der Waals surface area contributed by atoms with Crippen LogP contribution < -0.4 is 5.32 Å². The first-order valence-corrected chi connectivity index (χ1v) is 6.84. The van der Waals surface area contributed by atoms with Gasteiger partial charge in [0.05, 0.1) is 18.8 Å². The fourth-order valence-corrected chi connectivity index (χ4v) is 2.52. The van der Waals surface area contributed by atoms with E-state index in [1.54, 1.807) is 0 Å². The molecule has 1 unspecified atom stereocenters. The van der Waals surface area contributed by atoms with Crippen LogP contribution in [0.1, 0.15) is 39.0 Å². The molecule has 0 radical (unpaired) electrons. The van der Waals surface area contributed by atoms with Gasteiger partial charge in [0.15, 0.2) is 0 Å². The highest BCUT2D eigenvalue weighted by Crippen LogP contribution is 2.18. The van der Waals surface area contributed by atoms with Crippen molar-refractivity contribution in [2.75, 3.05) is 33.4 Å². The third kappa shape index (κ3) is 4.21. The molecule has 4 nitrogen and oxygen atoms in total. The molecule has 17 heavy (non-hydrogen) atoms. The first kappa shape index (κ1) is 14.9. The number of piperidine rings is 1. The van der Waals surface area contributed by atoms with Gasteiger partial charge in [-0.25, -0.2) is 0 Å². The van der Waals surface area contributed by atoms with E-state index in [-0.39, 0.29) is 13.2 Å². The Morgan fingerprint density at radius 1 is 1.29 bits per heavy atom. The van der Waals surface area contributed by atoms with Crippen LogP contribution in [0.5, 0.6) is 0 Å². The van der Waals surface area contributed by atoms with Crippen LogP contribution in [0.2, 0.25) is 0 Å². The Labute approximate surface area is 105 Å². The summed E-state index contributed by atoms with van der Waals surface area (Å²) < 4.78 is 0. The standard InChI is InChI=1S/C13H28N2O2/c1-3-13(10-16,11-17)14-8-7-12-6-4-5-9-15(12)2/h12,14,16-17H,3-11H2,1-2H3. The van der Waals surface area contributed by atoms with Crippen molar-refractivity contribution in [2.45, 2.75) is 50.6 Å². The Morgan fingerprint density at radius 3 is 2.53 bits per heavy atom. The number of hydrogen-bond donors (Lipinski definition) is 3. The van der Waals surface area contributed by atoms with Crippen molar-refractivity contribution in [1.82, 2.24) is 10.2 Å². The lowest BCUT2D eigenvalue weighted by Crippen LogP contribution is -2.52. The topological polar surface area (TPSA) is 55.7 Å². The molecule has 0 aromatic heterocycles. The van der Waals surface area contributed by atoms with Crippen molar-refractivity contribution in [3.05, 3.63) is 0 Å². The zero-order valence-corrected chi connectivity index (χ0v) is 11.3. The average molecular weight is 244 g/mol. The normalized spacial score (nSPS) is 22.9. The molecule has 1 fully saturated rings. The second-order valence-electron chi connectivity index (χ2n) is 5.30. The molecule has 1 heterocycles. The third-order valence-corrected chi connectivity index (χ3v) is 4.18. The van der Waals surface area contributed by atoms with Crippen LogP contribution >= 0.6 is 0 Å². The summed E-state index contributed by atoms with van der Waals surface area (Å²) in [7, 11) is 2.19. The number of aliphatic hydroxyl groups is 2. The van der Waals surface area contributed by atoms with Crippen molar-refractivity contribution >= 4 is 0 Å². The van der Waals surface area contributed by atoms with E-state index in [9.17, 15) is 10.2 Å². The quantitative estimate of drug-likeness (QED) is 0.613. The molecule has 1 rings (SSSR count). The van der Waals surface area contributed by atoms with Crippen LogP contribution in [0.4, 0.5) is 0 Å². The molecule has 0 amide bonds. The smallest absolute Gasteiger partial charge is 0.0645 e. The summed E-state index contributed by atoms with van der Waals surface area (Å²) in [6.07, 6.45) is 5.76. The largest absolute Gasteiger partial charge is 0.394 e. The van der Waals surface area contributed by atoms with E-state index < -0.39 is 5.54 Å². The molecule has 0 spiro atoms. The second-order valence-corrected chi connectivity index (χ2v) is 5.30. The fraction of sp³-hybridized carbons (Fsp3) is 1.00. The summed E-state index contributed by atoms with van der Waals surface area (Å²) >= 11 is 0. The van der Waals surface area contributed by atoms with Crippen LogP contribution in [0, 0.1) is 0 Å². The van der Waals surface area contributed by atoms with Gasteiger partial charge in [-0.3, -0.25) is 0 Å². The van der Waals surface area contributed by atoms with Crippen molar-refractivity contribution in [3.63, 3.8) is 0 Å². The Bertz CT molecular complexity index is 199. The lowest BCUT2D eigenvalue weighted by Gasteiger charge is -2.35. The molecule has 3 N–H and O–H groups in total. The molecule has 1 saturated heterocycles. The SMILES string of the molecule is CCC(CO)(CO)NCCC1CCCCN1C. The number of nitrogens with one attached hydrogen (secondary N) is 1. The van der Waals surface area contributed by atoms with E-state index in [0.717, 1.165) is 19.4 Å². The number of likely N-dealkylation sites (tertiary alicyclic amines) is 1. The molecule has 0 aromatic carbocycles. The zero-order chi connectivity index (χ0) is 12.7. The van der Waals surface area contributed by atoms with E-state index in [0.29, 0.717) is 6.04 Å². The van der Waals surface area contributed by atoms with Crippen molar-refractivity contribution in [2.24, 2.45) is 0 Å². The van der Waals surface area contributed by atoms with Crippen molar-refractivity contribution < 1.29 is 10.2 Å². The third-order valence-electron chi connectivity index (χ3n) is 4.18. The average Bonchev–Trinajstić information content (AvgIpc) is 2.37. The van der Waals surface area contributed by atoms with Gasteiger partial charge in [0, 0.05) is 6.04 Å². The van der Waals surface area contributed by atoms with Gasteiger partial charge in [0.25, 0.3) is 0 Å². The minimum atomic E-state index is -0.493. The summed E-state index contributed by atoms with van der Waals surface area (Å²) in [5.41, 5.74) is -0.493. The highest BCUT2D eigenvalue weighted by Gasteiger charge is 2.26. The van der Waals surface area contributed by atoms with E-state index in [4.69, 9.17) is 0 Å². The molecule has 0 saturated carbocycles. The van der Waals surface area contributed by atoms with Crippen LogP contribution in [0.15, 0.2) is 0 Å². The van der Waals surface area contributed by atoms with Crippen LogP contribution in [-0.2, 0) is 0 Å². The van der Waals surface area contributed by atoms with E-state index in [1.807, 2.05) is 6.92 Å². The summed E-state index contributed by atoms with van der Waals surface area (Å²) in [5, 5.41) is 22.0. The van der Waals surface area contributed by atoms with Crippen LogP contribution in [-0.4, -0.2) is 60.0 Å². The van der Waals surface area contributed by atoms with Crippen molar-refractivity contribution in [1.29, 1.82) is 0 Å². The zero-order valence-electron chi connectivity index (χ0n) is 11.3. The van der Waals surface area contributed by atoms with E-state index in [1.165, 1.54) is 25.8 Å². The molecule has 4 heteroatoms. The fourth-order valence-electron chi connectivity index (χ4n) is 2.52. The summed E-state index contributed by atoms with van der Waals surface area (Å²) in [5.74, 6) is 0. The summed E-state index contributed by atoms with van der Waals surface area (Å²) in [4.78, 5) is 2.43. The molecule has 1 atom stereocenters. The van der Waals surface area contributed by atoms with E-state index >= 15 is 0 Å². The molecule has 102 valence electrons. The van der Waals surface area contributed by atoms with Gasteiger partial charge in [-0.1, -0.05) is 13.3 Å². The Kier molecular flexibility index (Phi) is 6.41. The predicted octanol–water partition coefficient (Wildman–Crippen LogP) is 0.584. The molecule has 0 bridgehead atoms. The Balaban J connectivity index is 2.30. The minimum Gasteiger partial charge on any atom is -0.394 e. The molecular formula is C13H28N2O2. The molecular weight excluding hydrogens is 216 g/mol. The first-order chi connectivity index (χ1) is 8.17. The predicted molar refractivity (Wildman–Crippen MR) is 70.1 cm³/mol. The number of aliphatic hydroxyl groups excluding tert-OH is 2. The maximum Gasteiger partial charge on any atom is 0.0645 e. The number of rotatable bonds is 7. The summed E-state index contributed by atoms with van der Waals surface area (Å²) in [6.45, 7) is 4.06. The number of hydrogen-bond acceptors (Lipinski definition) is 4. The Morgan fingerprint density at radius 2 is 2.00 bits per heavy atom. The summed E-state index contributed by atoms with van der Waals surface area (Å²) in [6, 6.07) is 0.656. The number of nitrogens with zero attached hydrogens (tertiary/aromatic N) is 1. The molecule has 1 aliphatic rings. The van der Waals surface area contributed by atoms with Gasteiger partial charge < -0.3 is 20.4 Å². The molecule has 0 aromatic rings. The lowest BCUT2D eigenvalue weighted by molar-refractivity contribution is 0.0834. The maximum absolute atomic E-state index is 9.33. The van der Waals surface area contributed by atoms with Crippen molar-refractivity contribution in [3.8, 4) is 0 Å². The second kappa shape index (κ2) is 7.31. The van der Waals surface area contributed by atoms with Gasteiger partial charge in [0.1, 0.15) is 0 Å². The minimum absolute atomic E-state index is 0.000502. The monoisotopic (exact) mass is 244 g/mol. The van der Waals surface area contributed by atoms with Crippen LogP contribution in [0.25, 0.3) is 0 Å². The molecule has 1 aliphatic heterocycles. The van der Waals surface area contributed by atoms with Gasteiger partial charge >= 0.3 is 0 Å². The van der Waals surface area contributed by atoms with Gasteiger partial charge in [-0.05, 0) is 45.8 Å². The maximum atomic E-state index is 9.33. The Hall–Kier alpha value is -0.160. The van der Waals surface area contributed by atoms with E-state index in [2.05, 4.69) is 17.3 Å².